The van der Waals surface area contributed by atoms with Gasteiger partial charge in [-0.1, -0.05) is 6.92 Å². The van der Waals surface area contributed by atoms with Gasteiger partial charge < -0.3 is 15.2 Å². The van der Waals surface area contributed by atoms with E-state index in [9.17, 15) is 13.2 Å². The summed E-state index contributed by atoms with van der Waals surface area (Å²) in [5.74, 6) is 0.129. The van der Waals surface area contributed by atoms with Gasteiger partial charge in [0.15, 0.2) is 9.84 Å². The second-order valence-corrected chi connectivity index (χ2v) is 11.0. The molecule has 9 nitrogen and oxygen atoms in total. The maximum atomic E-state index is 12.3. The highest BCUT2D eigenvalue weighted by atomic mass is 32.2. The minimum Gasteiger partial charge on any atom is -0.379 e. The first kappa shape index (κ1) is 21.3. The normalized spacial score (nSPS) is 19.3. The van der Waals surface area contributed by atoms with Gasteiger partial charge in [-0.15, -0.1) is 11.3 Å². The molecule has 1 saturated heterocycles. The summed E-state index contributed by atoms with van der Waals surface area (Å²) in [6, 6.07) is 3.80. The van der Waals surface area contributed by atoms with Crippen molar-refractivity contribution in [3.63, 3.8) is 0 Å². The third-order valence-corrected chi connectivity index (χ3v) is 8.36. The molecule has 162 valence electrons. The van der Waals surface area contributed by atoms with Gasteiger partial charge in [0.05, 0.1) is 23.5 Å². The van der Waals surface area contributed by atoms with Crippen molar-refractivity contribution in [2.75, 3.05) is 24.7 Å². The zero-order valence-corrected chi connectivity index (χ0v) is 18.8. The van der Waals surface area contributed by atoms with Crippen LogP contribution in [0.25, 0.3) is 21.6 Å². The number of anilines is 1. The third kappa shape index (κ3) is 4.26. The summed E-state index contributed by atoms with van der Waals surface area (Å²) in [5, 5.41) is 13.9. The first-order chi connectivity index (χ1) is 14.8. The van der Waals surface area contributed by atoms with Crippen molar-refractivity contribution in [1.29, 1.82) is 5.26 Å². The Balaban J connectivity index is 1.72. The molecule has 31 heavy (non-hydrogen) atoms. The van der Waals surface area contributed by atoms with Crippen LogP contribution in [0.5, 0.6) is 0 Å². The summed E-state index contributed by atoms with van der Waals surface area (Å²) in [6.45, 7) is 3.25. The molecule has 3 aromatic heterocycles. The quantitative estimate of drug-likeness (QED) is 0.601. The molecule has 4 heterocycles. The van der Waals surface area contributed by atoms with Crippen molar-refractivity contribution in [3.8, 4) is 16.6 Å². The lowest BCUT2D eigenvalue weighted by atomic mass is 9.92. The Morgan fingerprint density at radius 2 is 2.23 bits per heavy atom. The van der Waals surface area contributed by atoms with E-state index in [-0.39, 0.29) is 22.6 Å². The van der Waals surface area contributed by atoms with Crippen molar-refractivity contribution < 1.29 is 13.2 Å². The summed E-state index contributed by atoms with van der Waals surface area (Å²) in [7, 11) is -3.35. The van der Waals surface area contributed by atoms with E-state index >= 15 is 0 Å². The number of fused-ring (bicyclic) bond motifs is 1. The van der Waals surface area contributed by atoms with Crippen molar-refractivity contribution in [2.45, 2.75) is 30.0 Å². The standard InChI is InChI=1S/C20H22N6O3S2/c1-12-5-8-26(16(27)3-6-21)11-15(12)25-18-13-4-7-22-19(13)23-9-14(18)20-24-10-17(30-20)31(2,28)29/h4,7,9-10,12,15H,3,5,8,11H2,1-2H3,(H2,22,23,25)/t12-,15+/m1/s1. The van der Waals surface area contributed by atoms with Crippen LogP contribution in [0.4, 0.5) is 5.69 Å². The SMILES string of the molecule is C[C@@H]1CCN(C(=O)CC#N)C[C@@H]1Nc1c(-c2ncc(S(C)(=O)=O)s2)cnc2[nH]ccc12. The van der Waals surface area contributed by atoms with Gasteiger partial charge in [0, 0.05) is 43.2 Å². The average molecular weight is 459 g/mol. The minimum atomic E-state index is -3.35. The van der Waals surface area contributed by atoms with Gasteiger partial charge in [0.1, 0.15) is 21.3 Å². The molecule has 0 radical (unpaired) electrons. The van der Waals surface area contributed by atoms with Crippen molar-refractivity contribution in [1.82, 2.24) is 19.9 Å². The largest absolute Gasteiger partial charge is 0.379 e. The number of nitrogens with one attached hydrogen (secondary N) is 2. The molecule has 1 aliphatic rings. The zero-order valence-electron chi connectivity index (χ0n) is 17.1. The fourth-order valence-corrected chi connectivity index (χ4v) is 5.48. The number of aromatic nitrogens is 3. The van der Waals surface area contributed by atoms with Crippen LogP contribution in [-0.4, -0.2) is 59.6 Å². The van der Waals surface area contributed by atoms with E-state index < -0.39 is 9.84 Å². The predicted molar refractivity (Wildman–Crippen MR) is 118 cm³/mol. The number of nitrogens with zero attached hydrogens (tertiary/aromatic N) is 4. The van der Waals surface area contributed by atoms with E-state index in [0.29, 0.717) is 35.2 Å². The van der Waals surface area contributed by atoms with Crippen molar-refractivity contribution >= 4 is 43.8 Å². The zero-order chi connectivity index (χ0) is 22.2. The maximum absolute atomic E-state index is 12.3. The number of H-pyrrole nitrogens is 1. The van der Waals surface area contributed by atoms with Gasteiger partial charge in [-0.3, -0.25) is 4.79 Å². The van der Waals surface area contributed by atoms with Crippen molar-refractivity contribution in [2.24, 2.45) is 5.92 Å². The number of aromatic amines is 1. The Morgan fingerprint density at radius 1 is 1.42 bits per heavy atom. The number of thiazole rings is 1. The van der Waals surface area contributed by atoms with Crippen LogP contribution in [0.15, 0.2) is 28.9 Å². The summed E-state index contributed by atoms with van der Waals surface area (Å²) in [6.07, 6.45) is 6.69. The second-order valence-electron chi connectivity index (χ2n) is 7.73. The van der Waals surface area contributed by atoms with Crippen molar-refractivity contribution in [3.05, 3.63) is 24.7 Å². The monoisotopic (exact) mass is 458 g/mol. The number of likely N-dealkylation sites (tertiary alicyclic amines) is 1. The number of carbonyl (C=O) groups excluding carboxylic acids is 1. The number of amides is 1. The fraction of sp³-hybridized carbons (Fsp3) is 0.400. The Hall–Kier alpha value is -2.97. The number of hydrogen-bond donors (Lipinski definition) is 2. The first-order valence-corrected chi connectivity index (χ1v) is 12.5. The number of rotatable bonds is 5. The molecule has 1 aliphatic heterocycles. The predicted octanol–water partition coefficient (Wildman–Crippen LogP) is 2.65. The molecule has 0 unspecified atom stereocenters. The Labute approximate surface area is 184 Å². The molecule has 1 amide bonds. The first-order valence-electron chi connectivity index (χ1n) is 9.81. The number of hydrogen-bond acceptors (Lipinski definition) is 8. The highest BCUT2D eigenvalue weighted by Gasteiger charge is 2.30. The molecule has 2 atom stereocenters. The lowest BCUT2D eigenvalue weighted by molar-refractivity contribution is -0.131. The lowest BCUT2D eigenvalue weighted by Gasteiger charge is -2.38. The summed E-state index contributed by atoms with van der Waals surface area (Å²) >= 11 is 1.10. The highest BCUT2D eigenvalue weighted by molar-refractivity contribution is 7.92. The van der Waals surface area contributed by atoms with Crippen LogP contribution in [0.3, 0.4) is 0 Å². The topological polar surface area (TPSA) is 132 Å². The maximum Gasteiger partial charge on any atom is 0.236 e. The van der Waals surface area contributed by atoms with Gasteiger partial charge >= 0.3 is 0 Å². The molecule has 2 N–H and O–H groups in total. The molecule has 0 aliphatic carbocycles. The third-order valence-electron chi connectivity index (χ3n) is 5.54. The highest BCUT2D eigenvalue weighted by Crippen LogP contribution is 2.38. The van der Waals surface area contributed by atoms with Crippen LogP contribution in [-0.2, 0) is 14.6 Å². The van der Waals surface area contributed by atoms with E-state index in [1.54, 1.807) is 17.3 Å². The molecular weight excluding hydrogens is 436 g/mol. The number of piperidine rings is 1. The van der Waals surface area contributed by atoms with E-state index in [0.717, 1.165) is 35.1 Å². The van der Waals surface area contributed by atoms with Gasteiger partial charge in [0.25, 0.3) is 0 Å². The Morgan fingerprint density at radius 3 is 2.94 bits per heavy atom. The van der Waals surface area contributed by atoms with Crippen LogP contribution in [0.1, 0.15) is 19.8 Å². The minimum absolute atomic E-state index is 0.0371. The molecular formula is C20H22N6O3S2. The number of carbonyl (C=O) groups is 1. The number of pyridine rings is 1. The summed E-state index contributed by atoms with van der Waals surface area (Å²) in [5.41, 5.74) is 2.21. The molecule has 4 rings (SSSR count). The van der Waals surface area contributed by atoms with E-state index in [1.807, 2.05) is 12.1 Å². The van der Waals surface area contributed by atoms with Crippen LogP contribution in [0.2, 0.25) is 0 Å². The molecule has 0 bridgehead atoms. The molecule has 1 fully saturated rings. The van der Waals surface area contributed by atoms with E-state index in [4.69, 9.17) is 5.26 Å². The van der Waals surface area contributed by atoms with Gasteiger partial charge in [-0.25, -0.2) is 18.4 Å². The van der Waals surface area contributed by atoms with Crippen LogP contribution in [0, 0.1) is 17.2 Å². The second kappa shape index (κ2) is 8.28. The number of nitriles is 1. The molecule has 3 aromatic rings. The summed E-state index contributed by atoms with van der Waals surface area (Å²) < 4.78 is 24.0. The smallest absolute Gasteiger partial charge is 0.236 e. The number of sulfone groups is 1. The van der Waals surface area contributed by atoms with Gasteiger partial charge in [0.2, 0.25) is 5.91 Å². The van der Waals surface area contributed by atoms with Gasteiger partial charge in [-0.05, 0) is 18.4 Å². The van der Waals surface area contributed by atoms with E-state index in [1.165, 1.54) is 6.20 Å². The van der Waals surface area contributed by atoms with Crippen LogP contribution >= 0.6 is 11.3 Å². The molecule has 11 heteroatoms. The Kier molecular flexibility index (Phi) is 5.68. The lowest BCUT2D eigenvalue weighted by Crippen LogP contribution is -2.49. The molecule has 0 spiro atoms. The average Bonchev–Trinajstić information content (AvgIpc) is 3.39. The van der Waals surface area contributed by atoms with Gasteiger partial charge in [-0.2, -0.15) is 5.26 Å². The van der Waals surface area contributed by atoms with Crippen LogP contribution < -0.4 is 5.32 Å². The Bertz CT molecular complexity index is 1270. The fourth-order valence-electron chi connectivity index (χ4n) is 3.73. The molecule has 0 saturated carbocycles. The molecule has 0 aromatic carbocycles. The summed E-state index contributed by atoms with van der Waals surface area (Å²) in [4.78, 5) is 25.9. The van der Waals surface area contributed by atoms with E-state index in [2.05, 4.69) is 27.2 Å².